The molecule has 0 aliphatic carbocycles. The number of rotatable bonds is 5. The SMILES string of the molecule is CC(C)c1noc([C@@H](NC(=O)c2ccsc2)C2CCOCC2)n1. The molecule has 1 N–H and O–H groups in total. The van der Waals surface area contributed by atoms with E-state index in [1.165, 1.54) is 11.3 Å². The second-order valence-corrected chi connectivity index (χ2v) is 6.84. The first kappa shape index (κ1) is 16.1. The first-order valence-electron chi connectivity index (χ1n) is 7.89. The van der Waals surface area contributed by atoms with Gasteiger partial charge in [0.2, 0.25) is 5.89 Å². The van der Waals surface area contributed by atoms with Gasteiger partial charge in [-0.05, 0) is 30.2 Å². The van der Waals surface area contributed by atoms with Crippen LogP contribution in [0, 0.1) is 5.92 Å². The Hall–Kier alpha value is -1.73. The van der Waals surface area contributed by atoms with Crippen LogP contribution in [0.5, 0.6) is 0 Å². The van der Waals surface area contributed by atoms with E-state index >= 15 is 0 Å². The Balaban J connectivity index is 1.81. The van der Waals surface area contributed by atoms with Crippen molar-refractivity contribution in [3.8, 4) is 0 Å². The zero-order chi connectivity index (χ0) is 16.2. The van der Waals surface area contributed by atoms with Gasteiger partial charge in [-0.25, -0.2) is 0 Å². The Kier molecular flexibility index (Phi) is 5.07. The Labute approximate surface area is 139 Å². The van der Waals surface area contributed by atoms with Crippen molar-refractivity contribution in [2.75, 3.05) is 13.2 Å². The van der Waals surface area contributed by atoms with Gasteiger partial charge >= 0.3 is 0 Å². The maximum atomic E-state index is 12.4. The molecule has 0 aromatic carbocycles. The van der Waals surface area contributed by atoms with Gasteiger partial charge in [-0.15, -0.1) is 0 Å². The standard InChI is InChI=1S/C16H21N3O3S/c1-10(2)14-18-16(22-19-14)13(11-3-6-21-7-4-11)17-15(20)12-5-8-23-9-12/h5,8-11,13H,3-4,6-7H2,1-2H3,(H,17,20)/t13-/m0/s1. The lowest BCUT2D eigenvalue weighted by Crippen LogP contribution is -2.36. The number of ether oxygens (including phenoxy) is 1. The Morgan fingerprint density at radius 3 is 2.78 bits per heavy atom. The van der Waals surface area contributed by atoms with Gasteiger partial charge in [0.15, 0.2) is 5.82 Å². The van der Waals surface area contributed by atoms with Gasteiger partial charge in [-0.2, -0.15) is 16.3 Å². The van der Waals surface area contributed by atoms with Crippen LogP contribution in [0.4, 0.5) is 0 Å². The fourth-order valence-electron chi connectivity index (χ4n) is 2.66. The molecule has 23 heavy (non-hydrogen) atoms. The number of thiophene rings is 1. The molecule has 1 atom stereocenters. The first-order valence-corrected chi connectivity index (χ1v) is 8.83. The lowest BCUT2D eigenvalue weighted by molar-refractivity contribution is 0.0468. The summed E-state index contributed by atoms with van der Waals surface area (Å²) in [6.07, 6.45) is 1.74. The van der Waals surface area contributed by atoms with Crippen LogP contribution in [-0.4, -0.2) is 29.3 Å². The predicted molar refractivity (Wildman–Crippen MR) is 86.5 cm³/mol. The van der Waals surface area contributed by atoms with Crippen LogP contribution in [-0.2, 0) is 4.74 Å². The fraction of sp³-hybridized carbons (Fsp3) is 0.562. The minimum Gasteiger partial charge on any atom is -0.381 e. The van der Waals surface area contributed by atoms with Gasteiger partial charge in [0.05, 0.1) is 5.56 Å². The van der Waals surface area contributed by atoms with Gasteiger partial charge in [0.25, 0.3) is 5.91 Å². The maximum absolute atomic E-state index is 12.4. The summed E-state index contributed by atoms with van der Waals surface area (Å²) in [5.41, 5.74) is 0.663. The van der Waals surface area contributed by atoms with E-state index in [1.807, 2.05) is 30.7 Å². The van der Waals surface area contributed by atoms with Crippen molar-refractivity contribution in [3.63, 3.8) is 0 Å². The first-order chi connectivity index (χ1) is 11.1. The Morgan fingerprint density at radius 2 is 2.17 bits per heavy atom. The molecule has 3 rings (SSSR count). The molecule has 1 aliphatic rings. The van der Waals surface area contributed by atoms with E-state index < -0.39 is 0 Å². The molecule has 2 aromatic rings. The molecule has 3 heterocycles. The van der Waals surface area contributed by atoms with E-state index in [-0.39, 0.29) is 23.8 Å². The molecular formula is C16H21N3O3S. The summed E-state index contributed by atoms with van der Waals surface area (Å²) in [6, 6.07) is 1.54. The molecule has 0 bridgehead atoms. The number of aromatic nitrogens is 2. The third-order valence-electron chi connectivity index (χ3n) is 4.05. The molecule has 1 amide bonds. The highest BCUT2D eigenvalue weighted by Crippen LogP contribution is 2.30. The number of carbonyl (C=O) groups is 1. The third kappa shape index (κ3) is 3.79. The lowest BCUT2D eigenvalue weighted by Gasteiger charge is -2.28. The van der Waals surface area contributed by atoms with Gasteiger partial charge in [-0.3, -0.25) is 4.79 Å². The van der Waals surface area contributed by atoms with E-state index in [1.54, 1.807) is 0 Å². The van der Waals surface area contributed by atoms with Crippen LogP contribution in [0.1, 0.15) is 60.7 Å². The van der Waals surface area contributed by atoms with Crippen LogP contribution < -0.4 is 5.32 Å². The summed E-state index contributed by atoms with van der Waals surface area (Å²) in [6.45, 7) is 5.42. The summed E-state index contributed by atoms with van der Waals surface area (Å²) in [5.74, 6) is 1.49. The molecule has 0 saturated carbocycles. The van der Waals surface area contributed by atoms with Crippen molar-refractivity contribution in [2.45, 2.75) is 38.6 Å². The van der Waals surface area contributed by atoms with Crippen molar-refractivity contribution in [1.29, 1.82) is 0 Å². The highest BCUT2D eigenvalue weighted by Gasteiger charge is 2.32. The zero-order valence-corrected chi connectivity index (χ0v) is 14.1. The molecule has 0 radical (unpaired) electrons. The molecule has 0 unspecified atom stereocenters. The highest BCUT2D eigenvalue weighted by atomic mass is 32.1. The van der Waals surface area contributed by atoms with Gasteiger partial charge in [0.1, 0.15) is 6.04 Å². The van der Waals surface area contributed by atoms with Gasteiger partial charge < -0.3 is 14.6 Å². The van der Waals surface area contributed by atoms with Crippen molar-refractivity contribution < 1.29 is 14.1 Å². The second kappa shape index (κ2) is 7.23. The quantitative estimate of drug-likeness (QED) is 0.908. The monoisotopic (exact) mass is 335 g/mol. The van der Waals surface area contributed by atoms with E-state index in [9.17, 15) is 4.79 Å². The van der Waals surface area contributed by atoms with E-state index in [4.69, 9.17) is 9.26 Å². The normalized spacial score (nSPS) is 17.3. The van der Waals surface area contributed by atoms with Crippen molar-refractivity contribution in [2.24, 2.45) is 5.92 Å². The molecule has 1 fully saturated rings. The third-order valence-corrected chi connectivity index (χ3v) is 4.73. The van der Waals surface area contributed by atoms with Crippen molar-refractivity contribution in [3.05, 3.63) is 34.1 Å². The summed E-state index contributed by atoms with van der Waals surface area (Å²) in [4.78, 5) is 16.9. The fourth-order valence-corrected chi connectivity index (χ4v) is 3.29. The molecule has 0 spiro atoms. The molecule has 2 aromatic heterocycles. The second-order valence-electron chi connectivity index (χ2n) is 6.06. The molecule has 7 heteroatoms. The number of nitrogens with one attached hydrogen (secondary N) is 1. The van der Waals surface area contributed by atoms with Crippen molar-refractivity contribution in [1.82, 2.24) is 15.5 Å². The number of amides is 1. The van der Waals surface area contributed by atoms with E-state index in [2.05, 4.69) is 15.5 Å². The molecule has 124 valence electrons. The van der Waals surface area contributed by atoms with E-state index in [0.717, 1.165) is 12.8 Å². The van der Waals surface area contributed by atoms with Crippen LogP contribution in [0.15, 0.2) is 21.3 Å². The summed E-state index contributed by atoms with van der Waals surface area (Å²) in [7, 11) is 0. The highest BCUT2D eigenvalue weighted by molar-refractivity contribution is 7.08. The number of hydrogen-bond acceptors (Lipinski definition) is 6. The minimum atomic E-state index is -0.272. The Morgan fingerprint density at radius 1 is 1.39 bits per heavy atom. The van der Waals surface area contributed by atoms with E-state index in [0.29, 0.717) is 30.5 Å². The lowest BCUT2D eigenvalue weighted by atomic mass is 9.91. The molecule has 1 aliphatic heterocycles. The number of nitrogens with zero attached hydrogens (tertiary/aromatic N) is 2. The molecule has 1 saturated heterocycles. The predicted octanol–water partition coefficient (Wildman–Crippen LogP) is 3.15. The minimum absolute atomic E-state index is 0.105. The summed E-state index contributed by atoms with van der Waals surface area (Å²) >= 11 is 1.50. The smallest absolute Gasteiger partial charge is 0.252 e. The maximum Gasteiger partial charge on any atom is 0.252 e. The van der Waals surface area contributed by atoms with Gasteiger partial charge in [0, 0.05) is 24.5 Å². The number of carbonyl (C=O) groups excluding carboxylic acids is 1. The van der Waals surface area contributed by atoms with Crippen LogP contribution in [0.2, 0.25) is 0 Å². The zero-order valence-electron chi connectivity index (χ0n) is 13.3. The summed E-state index contributed by atoms with van der Waals surface area (Å²) < 4.78 is 10.9. The van der Waals surface area contributed by atoms with Crippen LogP contribution in [0.3, 0.4) is 0 Å². The van der Waals surface area contributed by atoms with Gasteiger partial charge in [-0.1, -0.05) is 19.0 Å². The average Bonchev–Trinajstić information content (AvgIpc) is 3.24. The van der Waals surface area contributed by atoms with Crippen LogP contribution in [0.25, 0.3) is 0 Å². The van der Waals surface area contributed by atoms with Crippen LogP contribution >= 0.6 is 11.3 Å². The van der Waals surface area contributed by atoms with Crippen molar-refractivity contribution >= 4 is 17.2 Å². The average molecular weight is 335 g/mol. The largest absolute Gasteiger partial charge is 0.381 e. The summed E-state index contributed by atoms with van der Waals surface area (Å²) in [5, 5.41) is 10.8. The molecule has 6 nitrogen and oxygen atoms in total. The Bertz CT molecular complexity index is 633. The number of hydrogen-bond donors (Lipinski definition) is 1. The topological polar surface area (TPSA) is 77.2 Å². The molecular weight excluding hydrogens is 314 g/mol.